The smallest absolute Gasteiger partial charge is 0.244 e. The maximum Gasteiger partial charge on any atom is 0.244 e. The molecule has 0 aliphatic rings. The Kier molecular flexibility index (Phi) is 4.94. The van der Waals surface area contributed by atoms with E-state index in [9.17, 15) is 10.1 Å². The number of ether oxygens (including phenoxy) is 1. The van der Waals surface area contributed by atoms with Gasteiger partial charge in [-0.1, -0.05) is 13.8 Å². The molecule has 0 spiro atoms. The lowest BCUT2D eigenvalue weighted by Gasteiger charge is -2.22. The van der Waals surface area contributed by atoms with Crippen LogP contribution >= 0.6 is 0 Å². The average Bonchev–Trinajstić information content (AvgIpc) is 2.41. The van der Waals surface area contributed by atoms with E-state index < -0.39 is 5.41 Å². The summed E-state index contributed by atoms with van der Waals surface area (Å²) in [6, 6.07) is 7.55. The third-order valence-corrected chi connectivity index (χ3v) is 3.51. The number of hydrogen-bond donors (Lipinski definition) is 1. The normalized spacial score (nSPS) is 10.7. The lowest BCUT2D eigenvalue weighted by Crippen LogP contribution is -2.33. The van der Waals surface area contributed by atoms with Crippen LogP contribution in [0.4, 0.5) is 5.69 Å². The van der Waals surface area contributed by atoms with Crippen LogP contribution in [0, 0.1) is 23.7 Å². The van der Waals surface area contributed by atoms with Gasteiger partial charge < -0.3 is 10.1 Å². The number of amides is 1. The minimum absolute atomic E-state index is 0.246. The van der Waals surface area contributed by atoms with Gasteiger partial charge >= 0.3 is 0 Å². The van der Waals surface area contributed by atoms with E-state index in [-0.39, 0.29) is 5.91 Å². The molecule has 1 aromatic rings. The van der Waals surface area contributed by atoms with Gasteiger partial charge in [-0.3, -0.25) is 4.79 Å². The summed E-state index contributed by atoms with van der Waals surface area (Å²) >= 11 is 0. The third kappa shape index (κ3) is 3.05. The Bertz CT molecular complexity index is 499. The average molecular weight is 260 g/mol. The maximum atomic E-state index is 12.2. The van der Waals surface area contributed by atoms with Gasteiger partial charge in [0.25, 0.3) is 0 Å². The predicted molar refractivity (Wildman–Crippen MR) is 75.0 cm³/mol. The van der Waals surface area contributed by atoms with Gasteiger partial charge in [0.2, 0.25) is 5.91 Å². The summed E-state index contributed by atoms with van der Waals surface area (Å²) in [7, 11) is 1.61. The molecule has 0 saturated heterocycles. The molecule has 0 heterocycles. The number of carbonyl (C=O) groups is 1. The molecule has 0 aliphatic heterocycles. The van der Waals surface area contributed by atoms with Crippen molar-refractivity contribution in [3.8, 4) is 11.8 Å². The summed E-state index contributed by atoms with van der Waals surface area (Å²) in [4.78, 5) is 12.2. The third-order valence-electron chi connectivity index (χ3n) is 3.51. The molecule has 0 aliphatic carbocycles. The highest BCUT2D eigenvalue weighted by Crippen LogP contribution is 2.28. The molecule has 0 bridgehead atoms. The topological polar surface area (TPSA) is 62.1 Å². The van der Waals surface area contributed by atoms with Crippen molar-refractivity contribution in [2.45, 2.75) is 33.6 Å². The first-order valence-corrected chi connectivity index (χ1v) is 6.40. The molecule has 1 N–H and O–H groups in total. The van der Waals surface area contributed by atoms with Crippen molar-refractivity contribution in [2.75, 3.05) is 12.4 Å². The molecular formula is C15H20N2O2. The van der Waals surface area contributed by atoms with E-state index in [0.29, 0.717) is 18.5 Å². The van der Waals surface area contributed by atoms with E-state index in [1.807, 2.05) is 26.8 Å². The summed E-state index contributed by atoms with van der Waals surface area (Å²) in [5.41, 5.74) is 0.675. The van der Waals surface area contributed by atoms with Crippen LogP contribution in [0.25, 0.3) is 0 Å². The van der Waals surface area contributed by atoms with Crippen LogP contribution in [0.2, 0.25) is 0 Å². The molecule has 0 radical (unpaired) electrons. The molecule has 1 amide bonds. The first-order chi connectivity index (χ1) is 9.02. The van der Waals surface area contributed by atoms with Gasteiger partial charge in [-0.2, -0.15) is 5.26 Å². The first-order valence-electron chi connectivity index (χ1n) is 6.40. The molecular weight excluding hydrogens is 240 g/mol. The summed E-state index contributed by atoms with van der Waals surface area (Å²) in [5.74, 6) is 0.528. The Morgan fingerprint density at radius 2 is 2.05 bits per heavy atom. The molecule has 19 heavy (non-hydrogen) atoms. The van der Waals surface area contributed by atoms with Crippen molar-refractivity contribution in [1.82, 2.24) is 0 Å². The highest BCUT2D eigenvalue weighted by atomic mass is 16.5. The van der Waals surface area contributed by atoms with Gasteiger partial charge in [0, 0.05) is 5.69 Å². The second-order valence-electron chi connectivity index (χ2n) is 4.54. The van der Waals surface area contributed by atoms with Gasteiger partial charge in [0.05, 0.1) is 13.2 Å². The van der Waals surface area contributed by atoms with Crippen molar-refractivity contribution < 1.29 is 9.53 Å². The molecule has 4 nitrogen and oxygen atoms in total. The summed E-state index contributed by atoms with van der Waals surface area (Å²) in [6.07, 6.45) is 1.00. The van der Waals surface area contributed by atoms with Crippen molar-refractivity contribution in [3.05, 3.63) is 23.8 Å². The lowest BCUT2D eigenvalue weighted by atomic mass is 9.83. The number of carbonyl (C=O) groups excluding carboxylic acids is 1. The monoisotopic (exact) mass is 260 g/mol. The van der Waals surface area contributed by atoms with Crippen molar-refractivity contribution in [1.29, 1.82) is 5.26 Å². The maximum absolute atomic E-state index is 12.2. The summed E-state index contributed by atoms with van der Waals surface area (Å²) in [5, 5.41) is 12.0. The molecule has 0 fully saturated rings. The number of anilines is 1. The van der Waals surface area contributed by atoms with E-state index in [4.69, 9.17) is 4.74 Å². The Morgan fingerprint density at radius 1 is 1.42 bits per heavy atom. The minimum atomic E-state index is -0.951. The zero-order valence-corrected chi connectivity index (χ0v) is 11.9. The fourth-order valence-electron chi connectivity index (χ4n) is 1.99. The van der Waals surface area contributed by atoms with Crippen molar-refractivity contribution in [3.63, 3.8) is 0 Å². The predicted octanol–water partition coefficient (Wildman–Crippen LogP) is 3.27. The zero-order chi connectivity index (χ0) is 14.5. The van der Waals surface area contributed by atoms with Crippen LogP contribution < -0.4 is 10.1 Å². The molecule has 1 rings (SSSR count). The second kappa shape index (κ2) is 6.24. The number of nitriles is 1. The van der Waals surface area contributed by atoms with Crippen LogP contribution in [0.15, 0.2) is 18.2 Å². The number of benzene rings is 1. The molecule has 0 saturated carbocycles. The zero-order valence-electron chi connectivity index (χ0n) is 11.9. The second-order valence-corrected chi connectivity index (χ2v) is 4.54. The summed E-state index contributed by atoms with van der Waals surface area (Å²) in [6.45, 7) is 5.61. The SMILES string of the molecule is CCC(C#N)(CC)C(=O)Nc1ccc(OC)c(C)c1. The molecule has 1 aromatic carbocycles. The van der Waals surface area contributed by atoms with Crippen LogP contribution in [-0.4, -0.2) is 13.0 Å². The highest BCUT2D eigenvalue weighted by molar-refractivity contribution is 5.97. The standard InChI is InChI=1S/C15H20N2O2/c1-5-15(6-2,10-16)14(18)17-12-7-8-13(19-4)11(3)9-12/h7-9H,5-6H2,1-4H3,(H,17,18). The molecule has 0 aromatic heterocycles. The number of hydrogen-bond acceptors (Lipinski definition) is 3. The molecule has 102 valence electrons. The van der Waals surface area contributed by atoms with Crippen LogP contribution in [-0.2, 0) is 4.79 Å². The van der Waals surface area contributed by atoms with Crippen LogP contribution in [0.5, 0.6) is 5.75 Å². The van der Waals surface area contributed by atoms with Crippen LogP contribution in [0.3, 0.4) is 0 Å². The Hall–Kier alpha value is -2.02. The lowest BCUT2D eigenvalue weighted by molar-refractivity contribution is -0.123. The number of aryl methyl sites for hydroxylation is 1. The Morgan fingerprint density at radius 3 is 2.47 bits per heavy atom. The fourth-order valence-corrected chi connectivity index (χ4v) is 1.99. The van der Waals surface area contributed by atoms with Crippen molar-refractivity contribution >= 4 is 11.6 Å². The minimum Gasteiger partial charge on any atom is -0.496 e. The molecule has 0 atom stereocenters. The molecule has 4 heteroatoms. The van der Waals surface area contributed by atoms with E-state index >= 15 is 0 Å². The Balaban J connectivity index is 2.94. The van der Waals surface area contributed by atoms with Gasteiger partial charge in [-0.15, -0.1) is 0 Å². The summed E-state index contributed by atoms with van der Waals surface area (Å²) < 4.78 is 5.17. The number of rotatable bonds is 5. The quantitative estimate of drug-likeness (QED) is 0.883. The van der Waals surface area contributed by atoms with Gasteiger partial charge in [-0.05, 0) is 43.5 Å². The number of nitrogens with zero attached hydrogens (tertiary/aromatic N) is 1. The van der Waals surface area contributed by atoms with Gasteiger partial charge in [0.15, 0.2) is 0 Å². The Labute approximate surface area is 114 Å². The number of methoxy groups -OCH3 is 1. The highest BCUT2D eigenvalue weighted by Gasteiger charge is 2.34. The fraction of sp³-hybridized carbons (Fsp3) is 0.467. The van der Waals surface area contributed by atoms with Crippen molar-refractivity contribution in [2.24, 2.45) is 5.41 Å². The largest absolute Gasteiger partial charge is 0.496 e. The molecule has 0 unspecified atom stereocenters. The van der Waals surface area contributed by atoms with E-state index in [1.165, 1.54) is 0 Å². The van der Waals surface area contributed by atoms with Crippen LogP contribution in [0.1, 0.15) is 32.3 Å². The van der Waals surface area contributed by atoms with E-state index in [0.717, 1.165) is 11.3 Å². The van der Waals surface area contributed by atoms with E-state index in [2.05, 4.69) is 11.4 Å². The number of nitrogens with one attached hydrogen (secondary N) is 1. The van der Waals surface area contributed by atoms with Gasteiger partial charge in [-0.25, -0.2) is 0 Å². The first kappa shape index (κ1) is 15.0. The van der Waals surface area contributed by atoms with Gasteiger partial charge in [0.1, 0.15) is 11.2 Å². The van der Waals surface area contributed by atoms with E-state index in [1.54, 1.807) is 19.2 Å².